The summed E-state index contributed by atoms with van der Waals surface area (Å²) >= 11 is 0. The molecule has 120 valence electrons. The maximum Gasteiger partial charge on any atom is 0.417 e. The lowest BCUT2D eigenvalue weighted by atomic mass is 10.1. The fraction of sp³-hybridized carbons (Fsp3) is 0.462. The molecule has 0 N–H and O–H groups in total. The number of ether oxygens (including phenoxy) is 1. The average molecular weight is 317 g/mol. The van der Waals surface area contributed by atoms with Crippen LogP contribution in [0.25, 0.3) is 11.0 Å². The van der Waals surface area contributed by atoms with Gasteiger partial charge in [-0.05, 0) is 13.8 Å². The molecule has 0 aliphatic heterocycles. The molecule has 0 aliphatic rings. The molecule has 0 atom stereocenters. The number of halogens is 3. The van der Waals surface area contributed by atoms with Crippen LogP contribution in [0.15, 0.2) is 10.9 Å². The summed E-state index contributed by atoms with van der Waals surface area (Å²) in [5.41, 5.74) is -1.93. The van der Waals surface area contributed by atoms with Gasteiger partial charge < -0.3 is 4.74 Å². The second-order valence-electron chi connectivity index (χ2n) is 4.69. The van der Waals surface area contributed by atoms with E-state index in [0.717, 1.165) is 9.25 Å². The SMILES string of the molecule is CCOC(=O)Cn1c(=O)cc(C(F)(F)F)c2c(C)nn(C)c21. The molecule has 0 radical (unpaired) electrons. The van der Waals surface area contributed by atoms with E-state index in [1.165, 1.54) is 14.0 Å². The zero-order valence-corrected chi connectivity index (χ0v) is 12.2. The van der Waals surface area contributed by atoms with E-state index in [0.29, 0.717) is 6.07 Å². The Morgan fingerprint density at radius 2 is 2.05 bits per heavy atom. The van der Waals surface area contributed by atoms with Crippen LogP contribution in [0.4, 0.5) is 13.2 Å². The Kier molecular flexibility index (Phi) is 3.99. The molecule has 0 unspecified atom stereocenters. The molecule has 6 nitrogen and oxygen atoms in total. The maximum atomic E-state index is 13.1. The number of carbonyl (C=O) groups is 1. The third-order valence-electron chi connectivity index (χ3n) is 3.15. The molecule has 22 heavy (non-hydrogen) atoms. The highest BCUT2D eigenvalue weighted by atomic mass is 19.4. The van der Waals surface area contributed by atoms with Crippen molar-refractivity contribution in [3.63, 3.8) is 0 Å². The van der Waals surface area contributed by atoms with Crippen molar-refractivity contribution >= 4 is 17.0 Å². The van der Waals surface area contributed by atoms with Gasteiger partial charge in [0.05, 0.1) is 23.3 Å². The summed E-state index contributed by atoms with van der Waals surface area (Å²) in [7, 11) is 1.41. The first-order valence-electron chi connectivity index (χ1n) is 6.46. The largest absolute Gasteiger partial charge is 0.465 e. The quantitative estimate of drug-likeness (QED) is 0.807. The molecule has 0 fully saturated rings. The van der Waals surface area contributed by atoms with Gasteiger partial charge in [-0.25, -0.2) is 0 Å². The number of alkyl halides is 3. The minimum absolute atomic E-state index is 0.0645. The first-order valence-corrected chi connectivity index (χ1v) is 6.46. The minimum Gasteiger partial charge on any atom is -0.465 e. The van der Waals surface area contributed by atoms with Gasteiger partial charge in [-0.3, -0.25) is 18.8 Å². The van der Waals surface area contributed by atoms with E-state index in [9.17, 15) is 22.8 Å². The highest BCUT2D eigenvalue weighted by molar-refractivity contribution is 5.84. The van der Waals surface area contributed by atoms with Crippen LogP contribution >= 0.6 is 0 Å². The first-order chi connectivity index (χ1) is 10.2. The molecule has 0 spiro atoms. The molecule has 2 aromatic rings. The Bertz CT molecular complexity index is 790. The van der Waals surface area contributed by atoms with Gasteiger partial charge in [-0.15, -0.1) is 0 Å². The van der Waals surface area contributed by atoms with Gasteiger partial charge in [0.2, 0.25) is 0 Å². The van der Waals surface area contributed by atoms with Gasteiger partial charge in [0.15, 0.2) is 0 Å². The van der Waals surface area contributed by atoms with Gasteiger partial charge in [0.1, 0.15) is 12.2 Å². The number of pyridine rings is 1. The topological polar surface area (TPSA) is 66.1 Å². The van der Waals surface area contributed by atoms with E-state index < -0.39 is 29.8 Å². The summed E-state index contributed by atoms with van der Waals surface area (Å²) in [6.45, 7) is 2.65. The predicted octanol–water partition coefficient (Wildman–Crippen LogP) is 1.63. The Morgan fingerprint density at radius 3 is 2.59 bits per heavy atom. The molecule has 2 heterocycles. The van der Waals surface area contributed by atoms with Gasteiger partial charge in [-0.2, -0.15) is 18.3 Å². The lowest BCUT2D eigenvalue weighted by molar-refractivity contribution is -0.143. The van der Waals surface area contributed by atoms with Gasteiger partial charge in [0.25, 0.3) is 5.56 Å². The highest BCUT2D eigenvalue weighted by Crippen LogP contribution is 2.35. The van der Waals surface area contributed by atoms with Crippen molar-refractivity contribution < 1.29 is 22.7 Å². The van der Waals surface area contributed by atoms with Crippen LogP contribution in [-0.4, -0.2) is 26.9 Å². The number of aryl methyl sites for hydroxylation is 2. The van der Waals surface area contributed by atoms with Crippen LogP contribution in [0.5, 0.6) is 0 Å². The van der Waals surface area contributed by atoms with Gasteiger partial charge in [-0.1, -0.05) is 0 Å². The predicted molar refractivity (Wildman–Crippen MR) is 71.3 cm³/mol. The monoisotopic (exact) mass is 317 g/mol. The number of aromatic nitrogens is 3. The van der Waals surface area contributed by atoms with Crippen LogP contribution in [-0.2, 0) is 29.3 Å². The Morgan fingerprint density at radius 1 is 1.41 bits per heavy atom. The van der Waals surface area contributed by atoms with Crippen molar-refractivity contribution in [3.05, 3.63) is 27.7 Å². The van der Waals surface area contributed by atoms with Crippen molar-refractivity contribution in [2.45, 2.75) is 26.6 Å². The standard InChI is InChI=1S/C13H14F3N3O3/c1-4-22-10(21)6-19-9(20)5-8(13(14,15)16)11-7(2)17-18(3)12(11)19/h5H,4,6H2,1-3H3. The number of carbonyl (C=O) groups excluding carboxylic acids is 1. The fourth-order valence-electron chi connectivity index (χ4n) is 2.36. The van der Waals surface area contributed by atoms with Gasteiger partial charge in [0, 0.05) is 13.1 Å². The van der Waals surface area contributed by atoms with E-state index in [1.54, 1.807) is 6.92 Å². The van der Waals surface area contributed by atoms with Crippen molar-refractivity contribution in [2.24, 2.45) is 7.05 Å². The molecule has 0 bridgehead atoms. The zero-order valence-electron chi connectivity index (χ0n) is 12.2. The minimum atomic E-state index is -4.69. The summed E-state index contributed by atoms with van der Waals surface area (Å²) in [5, 5.41) is 3.73. The Labute approximate surface area is 123 Å². The molecule has 2 aromatic heterocycles. The normalized spacial score (nSPS) is 11.9. The van der Waals surface area contributed by atoms with E-state index in [2.05, 4.69) is 5.10 Å². The van der Waals surface area contributed by atoms with Crippen molar-refractivity contribution in [1.29, 1.82) is 0 Å². The second-order valence-corrected chi connectivity index (χ2v) is 4.69. The highest BCUT2D eigenvalue weighted by Gasteiger charge is 2.36. The Balaban J connectivity index is 2.77. The summed E-state index contributed by atoms with van der Waals surface area (Å²) in [5.74, 6) is -0.704. The van der Waals surface area contributed by atoms with E-state index >= 15 is 0 Å². The van der Waals surface area contributed by atoms with Crippen LogP contribution in [0.1, 0.15) is 18.2 Å². The van der Waals surface area contributed by atoms with E-state index in [4.69, 9.17) is 4.74 Å². The van der Waals surface area contributed by atoms with Crippen molar-refractivity contribution in [3.8, 4) is 0 Å². The molecular weight excluding hydrogens is 303 g/mol. The number of nitrogens with zero attached hydrogens (tertiary/aromatic N) is 3. The van der Waals surface area contributed by atoms with E-state index in [1.807, 2.05) is 0 Å². The molecule has 0 saturated heterocycles. The molecule has 0 aliphatic carbocycles. The summed E-state index contributed by atoms with van der Waals surface area (Å²) in [6.07, 6.45) is -4.69. The summed E-state index contributed by atoms with van der Waals surface area (Å²) in [4.78, 5) is 23.6. The maximum absolute atomic E-state index is 13.1. The summed E-state index contributed by atoms with van der Waals surface area (Å²) in [6, 6.07) is 0.482. The van der Waals surface area contributed by atoms with Crippen LogP contribution in [0.3, 0.4) is 0 Å². The third-order valence-corrected chi connectivity index (χ3v) is 3.15. The number of hydrogen-bond acceptors (Lipinski definition) is 4. The molecular formula is C13H14F3N3O3. The number of rotatable bonds is 3. The number of fused-ring (bicyclic) bond motifs is 1. The Hall–Kier alpha value is -2.32. The molecule has 2 rings (SSSR count). The molecule has 0 aromatic carbocycles. The lowest BCUT2D eigenvalue weighted by Crippen LogP contribution is -2.28. The molecule has 0 amide bonds. The van der Waals surface area contributed by atoms with Crippen LogP contribution in [0.2, 0.25) is 0 Å². The fourth-order valence-corrected chi connectivity index (χ4v) is 2.36. The first kappa shape index (κ1) is 16.1. The number of hydrogen-bond donors (Lipinski definition) is 0. The van der Waals surface area contributed by atoms with Crippen LogP contribution in [0, 0.1) is 6.92 Å². The summed E-state index contributed by atoms with van der Waals surface area (Å²) < 4.78 is 46.2. The third kappa shape index (κ3) is 2.70. The average Bonchev–Trinajstić information content (AvgIpc) is 2.67. The molecule has 9 heteroatoms. The van der Waals surface area contributed by atoms with E-state index in [-0.39, 0.29) is 23.3 Å². The molecule has 0 saturated carbocycles. The zero-order chi connectivity index (χ0) is 16.7. The number of esters is 1. The lowest BCUT2D eigenvalue weighted by Gasteiger charge is -2.13. The van der Waals surface area contributed by atoms with Crippen LogP contribution < -0.4 is 5.56 Å². The second kappa shape index (κ2) is 5.47. The van der Waals surface area contributed by atoms with Gasteiger partial charge >= 0.3 is 12.1 Å². The smallest absolute Gasteiger partial charge is 0.417 e. The van der Waals surface area contributed by atoms with Crippen molar-refractivity contribution in [1.82, 2.24) is 14.3 Å². The van der Waals surface area contributed by atoms with Crippen molar-refractivity contribution in [2.75, 3.05) is 6.61 Å².